The molecule has 1 N–H and O–H groups in total. The number of hydrogen-bond donors (Lipinski definition) is 1. The van der Waals surface area contributed by atoms with Crippen LogP contribution < -0.4 is 15.2 Å². The van der Waals surface area contributed by atoms with Crippen LogP contribution in [0.15, 0.2) is 59.7 Å². The van der Waals surface area contributed by atoms with Gasteiger partial charge in [-0.05, 0) is 11.1 Å². The molecule has 2 aliphatic heterocycles. The van der Waals surface area contributed by atoms with Crippen molar-refractivity contribution >= 4 is 29.9 Å². The van der Waals surface area contributed by atoms with Gasteiger partial charge >= 0.3 is 17.8 Å². The standard InChI is InChI=1S/C21H20N6O3/c1-25-18-17(19(29)26(2)21(25)30)27(13-15-6-4-3-5-7-15)20(23-18)24-22-12-14-8-10-16(28)11-9-14/h3-12,17H,13H2,1-2H3,(H,22,28). The Morgan fingerprint density at radius 3 is 2.47 bits per heavy atom. The van der Waals surface area contributed by atoms with Crippen molar-refractivity contribution in [3.05, 3.63) is 65.7 Å². The summed E-state index contributed by atoms with van der Waals surface area (Å²) in [4.78, 5) is 29.5. The first kappa shape index (κ1) is 19.2. The van der Waals surface area contributed by atoms with Gasteiger partial charge in [0.1, 0.15) is 0 Å². The molecular formula is C21H20N6O3. The molecule has 152 valence electrons. The quantitative estimate of drug-likeness (QED) is 0.436. The number of carbonyl (C=O) groups is 2. The fraction of sp³-hybridized carbons (Fsp3) is 0.190. The fourth-order valence-electron chi connectivity index (χ4n) is 3.35. The van der Waals surface area contributed by atoms with Crippen LogP contribution in [-0.2, 0) is 11.3 Å². The van der Waals surface area contributed by atoms with Gasteiger partial charge in [-0.25, -0.2) is 19.3 Å². The van der Waals surface area contributed by atoms with Crippen molar-refractivity contribution < 1.29 is 14.7 Å². The zero-order chi connectivity index (χ0) is 21.3. The lowest BCUT2D eigenvalue weighted by Crippen LogP contribution is -2.63. The maximum atomic E-state index is 12.9. The largest absolute Gasteiger partial charge is 0.872 e. The van der Waals surface area contributed by atoms with Crippen molar-refractivity contribution in [2.75, 3.05) is 14.1 Å². The first-order valence-electron chi connectivity index (χ1n) is 9.33. The number of amides is 3. The number of rotatable bonds is 4. The smallest absolute Gasteiger partial charge is 0.421 e. The Kier molecular flexibility index (Phi) is 4.95. The van der Waals surface area contributed by atoms with Crippen LogP contribution >= 0.6 is 0 Å². The average molecular weight is 404 g/mol. The molecule has 2 aliphatic rings. The molecule has 1 unspecified atom stereocenters. The second-order valence-electron chi connectivity index (χ2n) is 6.99. The minimum absolute atomic E-state index is 0.0786. The normalized spacial score (nSPS) is 18.6. The van der Waals surface area contributed by atoms with E-state index in [9.17, 15) is 14.7 Å². The predicted octanol–water partition coefficient (Wildman–Crippen LogP) is -0.0864. The van der Waals surface area contributed by atoms with E-state index < -0.39 is 12.1 Å². The van der Waals surface area contributed by atoms with Crippen molar-refractivity contribution in [2.24, 2.45) is 5.10 Å². The number of urea groups is 1. The number of imide groups is 1. The van der Waals surface area contributed by atoms with Crippen molar-refractivity contribution in [3.8, 4) is 5.75 Å². The number of nitrogens with one attached hydrogen (secondary N) is 1. The van der Waals surface area contributed by atoms with Gasteiger partial charge in [-0.15, -0.1) is 10.9 Å². The molecule has 0 bridgehead atoms. The van der Waals surface area contributed by atoms with Crippen molar-refractivity contribution in [2.45, 2.75) is 12.6 Å². The molecule has 9 heteroatoms. The first-order valence-corrected chi connectivity index (χ1v) is 9.33. The molecule has 0 saturated carbocycles. The number of hydrazone groups is 1. The molecular weight excluding hydrogens is 384 g/mol. The highest BCUT2D eigenvalue weighted by Gasteiger charge is 2.54. The number of fused-ring (bicyclic) bond motifs is 1. The molecule has 9 nitrogen and oxygen atoms in total. The van der Waals surface area contributed by atoms with E-state index in [4.69, 9.17) is 0 Å². The molecule has 0 aromatic heterocycles. The second kappa shape index (κ2) is 7.73. The molecule has 3 amide bonds. The molecule has 1 saturated heterocycles. The lowest BCUT2D eigenvalue weighted by Gasteiger charge is -2.31. The number of hydrogen-bond acceptors (Lipinski definition) is 6. The highest BCUT2D eigenvalue weighted by atomic mass is 16.3. The number of carbonyl (C=O) groups excluding carboxylic acids is 2. The maximum Gasteiger partial charge on any atom is 0.421 e. The summed E-state index contributed by atoms with van der Waals surface area (Å²) in [5.41, 5.74) is 4.60. The summed E-state index contributed by atoms with van der Waals surface area (Å²) in [6.07, 6.45) is 1.55. The SMILES string of the molecule is CN1C(=O)C2C(=[N+]=C(N/N=C/c3ccc([O-])cc3)N2Cc2ccccc2)N(C)C1=O. The molecule has 0 radical (unpaired) electrons. The number of nitrogens with zero attached hydrogens (tertiary/aromatic N) is 5. The Hall–Kier alpha value is -4.10. The zero-order valence-electron chi connectivity index (χ0n) is 16.5. The number of likely N-dealkylation sites (N-methyl/N-ethyl adjacent to an activating group) is 2. The van der Waals surface area contributed by atoms with E-state index in [1.165, 1.54) is 24.1 Å². The summed E-state index contributed by atoms with van der Waals surface area (Å²) in [6, 6.07) is 14.7. The molecule has 1 fully saturated rings. The van der Waals surface area contributed by atoms with Crippen LogP contribution in [-0.4, -0.2) is 64.8 Å². The van der Waals surface area contributed by atoms with Crippen LogP contribution in [0.5, 0.6) is 5.75 Å². The third kappa shape index (κ3) is 3.49. The Balaban J connectivity index is 1.63. The topological polar surface area (TPSA) is 105 Å². The van der Waals surface area contributed by atoms with E-state index >= 15 is 0 Å². The van der Waals surface area contributed by atoms with Gasteiger partial charge in [-0.2, -0.15) is 5.43 Å². The summed E-state index contributed by atoms with van der Waals surface area (Å²) in [5.74, 6) is 0.288. The van der Waals surface area contributed by atoms with Gasteiger partial charge in [0.05, 0.1) is 19.8 Å². The number of amidine groups is 1. The minimum atomic E-state index is -0.727. The van der Waals surface area contributed by atoms with E-state index in [2.05, 4.69) is 15.2 Å². The molecule has 2 aromatic rings. The van der Waals surface area contributed by atoms with Gasteiger partial charge in [-0.3, -0.25) is 9.69 Å². The van der Waals surface area contributed by atoms with Gasteiger partial charge in [0, 0.05) is 7.05 Å². The van der Waals surface area contributed by atoms with Crippen LogP contribution in [0.25, 0.3) is 0 Å². The third-order valence-corrected chi connectivity index (χ3v) is 4.98. The summed E-state index contributed by atoms with van der Waals surface area (Å²) < 4.78 is 4.49. The van der Waals surface area contributed by atoms with E-state index in [1.807, 2.05) is 30.3 Å². The molecule has 0 spiro atoms. The molecule has 2 aromatic carbocycles. The number of benzene rings is 2. The molecule has 30 heavy (non-hydrogen) atoms. The fourth-order valence-corrected chi connectivity index (χ4v) is 3.35. The predicted molar refractivity (Wildman–Crippen MR) is 110 cm³/mol. The van der Waals surface area contributed by atoms with E-state index in [1.54, 1.807) is 30.3 Å². The summed E-state index contributed by atoms with van der Waals surface area (Å²) >= 11 is 0. The van der Waals surface area contributed by atoms with E-state index in [0.29, 0.717) is 18.3 Å². The molecule has 4 rings (SSSR count). The van der Waals surface area contributed by atoms with Gasteiger partial charge in [-0.1, -0.05) is 54.6 Å². The summed E-state index contributed by atoms with van der Waals surface area (Å²) in [7, 11) is 3.05. The van der Waals surface area contributed by atoms with Crippen LogP contribution in [0.1, 0.15) is 11.1 Å². The molecule has 1 atom stereocenters. The summed E-state index contributed by atoms with van der Waals surface area (Å²) in [6.45, 7) is 0.406. The maximum absolute atomic E-state index is 12.9. The number of guanidine groups is 1. The van der Waals surface area contributed by atoms with Gasteiger partial charge in [0.2, 0.25) is 6.04 Å². The van der Waals surface area contributed by atoms with Gasteiger partial charge in [0.15, 0.2) is 0 Å². The van der Waals surface area contributed by atoms with E-state index in [0.717, 1.165) is 16.0 Å². The summed E-state index contributed by atoms with van der Waals surface area (Å²) in [5, 5.41) is 15.4. The molecule has 0 aliphatic carbocycles. The highest BCUT2D eigenvalue weighted by molar-refractivity contribution is 6.23. The molecule has 2 heterocycles. The van der Waals surface area contributed by atoms with Gasteiger partial charge < -0.3 is 5.11 Å². The van der Waals surface area contributed by atoms with Gasteiger partial charge in [0.25, 0.3) is 5.91 Å². The van der Waals surface area contributed by atoms with Crippen LogP contribution in [0, 0.1) is 0 Å². The monoisotopic (exact) mass is 404 g/mol. The van der Waals surface area contributed by atoms with E-state index in [-0.39, 0.29) is 11.7 Å². The Morgan fingerprint density at radius 2 is 1.77 bits per heavy atom. The van der Waals surface area contributed by atoms with Crippen molar-refractivity contribution in [1.82, 2.24) is 24.8 Å². The minimum Gasteiger partial charge on any atom is -0.872 e. The van der Waals surface area contributed by atoms with Crippen molar-refractivity contribution in [3.63, 3.8) is 0 Å². The lowest BCUT2D eigenvalue weighted by molar-refractivity contribution is -0.268. The second-order valence-corrected chi connectivity index (χ2v) is 6.99. The van der Waals surface area contributed by atoms with Crippen LogP contribution in [0.3, 0.4) is 0 Å². The highest BCUT2D eigenvalue weighted by Crippen LogP contribution is 2.20. The Labute approximate surface area is 173 Å². The first-order chi connectivity index (χ1) is 14.5. The Morgan fingerprint density at radius 1 is 1.07 bits per heavy atom. The van der Waals surface area contributed by atoms with Crippen LogP contribution in [0.4, 0.5) is 4.79 Å². The Bertz CT molecular complexity index is 1070. The van der Waals surface area contributed by atoms with Crippen molar-refractivity contribution in [1.29, 1.82) is 0 Å². The average Bonchev–Trinajstić information content (AvgIpc) is 3.11. The lowest BCUT2D eigenvalue weighted by atomic mass is 10.1. The van der Waals surface area contributed by atoms with Crippen LogP contribution in [0.2, 0.25) is 0 Å². The third-order valence-electron chi connectivity index (χ3n) is 4.98. The zero-order valence-corrected chi connectivity index (χ0v) is 16.5.